The number of hydrogen-bond acceptors (Lipinski definition) is 2. The zero-order valence-corrected chi connectivity index (χ0v) is 15.0. The number of carbonyl (C=O) groups is 1. The molecular formula is C20H29N3O2+2. The lowest BCUT2D eigenvalue weighted by Crippen LogP contribution is -3.12. The van der Waals surface area contributed by atoms with Crippen LogP contribution < -0.4 is 15.1 Å². The van der Waals surface area contributed by atoms with Crippen molar-refractivity contribution in [3.8, 4) is 0 Å². The lowest BCUT2D eigenvalue weighted by atomic mass is 10.0. The summed E-state index contributed by atoms with van der Waals surface area (Å²) in [4.78, 5) is 15.0. The van der Waals surface area contributed by atoms with E-state index in [1.54, 1.807) is 11.2 Å². The predicted molar refractivity (Wildman–Crippen MR) is 96.2 cm³/mol. The van der Waals surface area contributed by atoms with Gasteiger partial charge in [-0.3, -0.25) is 4.79 Å². The predicted octanol–water partition coefficient (Wildman–Crippen LogP) is -0.342. The fourth-order valence-electron chi connectivity index (χ4n) is 3.56. The van der Waals surface area contributed by atoms with E-state index in [2.05, 4.69) is 35.6 Å². The molecule has 25 heavy (non-hydrogen) atoms. The SMILES string of the molecule is C[NH+](CC(=O)NC1CC[NH+](Cc2ccccc2)CC1)Cc1ccco1. The molecule has 1 fully saturated rings. The van der Waals surface area contributed by atoms with Crippen molar-refractivity contribution < 1.29 is 19.0 Å². The highest BCUT2D eigenvalue weighted by atomic mass is 16.3. The third-order valence-corrected chi connectivity index (χ3v) is 4.87. The Morgan fingerprint density at radius 3 is 2.64 bits per heavy atom. The van der Waals surface area contributed by atoms with E-state index in [1.807, 2.05) is 19.2 Å². The largest absolute Gasteiger partial charge is 0.463 e. The summed E-state index contributed by atoms with van der Waals surface area (Å²) in [5.41, 5.74) is 1.39. The lowest BCUT2D eigenvalue weighted by molar-refractivity contribution is -0.918. The van der Waals surface area contributed by atoms with E-state index in [-0.39, 0.29) is 5.91 Å². The standard InChI is InChI=1S/C20H27N3O2/c1-22(15-19-8-5-13-25-19)16-20(24)21-18-9-11-23(12-10-18)14-17-6-3-2-4-7-17/h2-8,13,18H,9-12,14-16H2,1H3,(H,21,24)/p+2. The van der Waals surface area contributed by atoms with Crippen LogP contribution in [0.4, 0.5) is 0 Å². The molecule has 5 nitrogen and oxygen atoms in total. The van der Waals surface area contributed by atoms with Crippen LogP contribution in [0, 0.1) is 0 Å². The number of hydrogen-bond donors (Lipinski definition) is 3. The first-order chi connectivity index (χ1) is 12.2. The van der Waals surface area contributed by atoms with Crippen LogP contribution in [0.15, 0.2) is 53.1 Å². The number of nitrogens with one attached hydrogen (secondary N) is 3. The Bertz CT molecular complexity index is 634. The topological polar surface area (TPSA) is 51.1 Å². The third-order valence-electron chi connectivity index (χ3n) is 4.87. The summed E-state index contributed by atoms with van der Waals surface area (Å²) in [5, 5.41) is 3.21. The molecule has 0 saturated carbocycles. The van der Waals surface area contributed by atoms with Crippen LogP contribution in [-0.4, -0.2) is 38.6 Å². The highest BCUT2D eigenvalue weighted by molar-refractivity contribution is 5.77. The number of likely N-dealkylation sites (N-methyl/N-ethyl adjacent to an activating group) is 1. The zero-order chi connectivity index (χ0) is 17.5. The van der Waals surface area contributed by atoms with Gasteiger partial charge in [0.15, 0.2) is 12.3 Å². The maximum absolute atomic E-state index is 12.3. The first-order valence-electron chi connectivity index (χ1n) is 9.19. The van der Waals surface area contributed by atoms with Crippen molar-refractivity contribution >= 4 is 5.91 Å². The van der Waals surface area contributed by atoms with E-state index in [0.717, 1.165) is 49.7 Å². The Balaban J connectivity index is 1.36. The average molecular weight is 343 g/mol. The molecule has 1 saturated heterocycles. The maximum Gasteiger partial charge on any atom is 0.275 e. The Kier molecular flexibility index (Phi) is 6.25. The van der Waals surface area contributed by atoms with Crippen LogP contribution in [0.5, 0.6) is 0 Å². The summed E-state index contributed by atoms with van der Waals surface area (Å²) in [5.74, 6) is 1.06. The van der Waals surface area contributed by atoms with E-state index in [0.29, 0.717) is 12.6 Å². The second-order valence-electron chi connectivity index (χ2n) is 7.14. The van der Waals surface area contributed by atoms with Crippen molar-refractivity contribution in [2.45, 2.75) is 32.0 Å². The molecule has 1 aromatic carbocycles. The normalized spacial score (nSPS) is 21.6. The molecule has 1 amide bonds. The van der Waals surface area contributed by atoms with Gasteiger partial charge < -0.3 is 19.5 Å². The third kappa shape index (κ3) is 5.73. The van der Waals surface area contributed by atoms with Crippen molar-refractivity contribution in [2.75, 3.05) is 26.7 Å². The Morgan fingerprint density at radius 2 is 1.96 bits per heavy atom. The van der Waals surface area contributed by atoms with E-state index in [4.69, 9.17) is 4.42 Å². The van der Waals surface area contributed by atoms with Gasteiger partial charge in [0.05, 0.1) is 26.4 Å². The molecule has 0 spiro atoms. The van der Waals surface area contributed by atoms with Gasteiger partial charge >= 0.3 is 0 Å². The fourth-order valence-corrected chi connectivity index (χ4v) is 3.56. The molecule has 2 aromatic rings. The molecule has 1 atom stereocenters. The Hall–Kier alpha value is -2.11. The van der Waals surface area contributed by atoms with Gasteiger partial charge in [-0.05, 0) is 12.1 Å². The highest BCUT2D eigenvalue weighted by Crippen LogP contribution is 2.01. The first-order valence-corrected chi connectivity index (χ1v) is 9.19. The maximum atomic E-state index is 12.3. The molecule has 0 radical (unpaired) electrons. The summed E-state index contributed by atoms with van der Waals surface area (Å²) in [6, 6.07) is 14.8. The minimum atomic E-state index is 0.139. The number of piperidine rings is 1. The molecule has 5 heteroatoms. The van der Waals surface area contributed by atoms with Crippen molar-refractivity contribution in [3.63, 3.8) is 0 Å². The quantitative estimate of drug-likeness (QED) is 0.644. The summed E-state index contributed by atoms with van der Waals surface area (Å²) >= 11 is 0. The number of amides is 1. The second-order valence-corrected chi connectivity index (χ2v) is 7.14. The van der Waals surface area contributed by atoms with Gasteiger partial charge in [0.2, 0.25) is 0 Å². The Morgan fingerprint density at radius 1 is 1.20 bits per heavy atom. The van der Waals surface area contributed by atoms with Gasteiger partial charge in [0.1, 0.15) is 13.1 Å². The summed E-state index contributed by atoms with van der Waals surface area (Å²) in [6.45, 7) is 4.54. The van der Waals surface area contributed by atoms with Crippen LogP contribution in [0.2, 0.25) is 0 Å². The first kappa shape index (κ1) is 17.7. The number of quaternary nitrogens is 2. The van der Waals surface area contributed by atoms with E-state index >= 15 is 0 Å². The molecule has 1 aliphatic heterocycles. The highest BCUT2D eigenvalue weighted by Gasteiger charge is 2.24. The number of furan rings is 1. The van der Waals surface area contributed by atoms with Crippen LogP contribution in [-0.2, 0) is 17.9 Å². The minimum absolute atomic E-state index is 0.139. The summed E-state index contributed by atoms with van der Waals surface area (Å²) in [6.07, 6.45) is 3.80. The van der Waals surface area contributed by atoms with Crippen molar-refractivity contribution in [2.24, 2.45) is 0 Å². The van der Waals surface area contributed by atoms with E-state index in [1.165, 1.54) is 5.56 Å². The van der Waals surface area contributed by atoms with Crippen molar-refractivity contribution in [1.82, 2.24) is 5.32 Å². The molecule has 3 N–H and O–H groups in total. The van der Waals surface area contributed by atoms with E-state index < -0.39 is 0 Å². The molecule has 2 heterocycles. The molecule has 0 aliphatic carbocycles. The van der Waals surface area contributed by atoms with Crippen LogP contribution >= 0.6 is 0 Å². The zero-order valence-electron chi connectivity index (χ0n) is 15.0. The van der Waals surface area contributed by atoms with Gasteiger partial charge in [0.25, 0.3) is 5.91 Å². The van der Waals surface area contributed by atoms with Gasteiger partial charge in [-0.15, -0.1) is 0 Å². The monoisotopic (exact) mass is 343 g/mol. The number of rotatable bonds is 7. The van der Waals surface area contributed by atoms with Crippen LogP contribution in [0.25, 0.3) is 0 Å². The van der Waals surface area contributed by atoms with E-state index in [9.17, 15) is 4.79 Å². The van der Waals surface area contributed by atoms with Gasteiger partial charge in [-0.2, -0.15) is 0 Å². The summed E-state index contributed by atoms with van der Waals surface area (Å²) in [7, 11) is 2.02. The summed E-state index contributed by atoms with van der Waals surface area (Å²) < 4.78 is 5.34. The van der Waals surface area contributed by atoms with Gasteiger partial charge in [-0.1, -0.05) is 30.3 Å². The van der Waals surface area contributed by atoms with Crippen LogP contribution in [0.1, 0.15) is 24.2 Å². The minimum Gasteiger partial charge on any atom is -0.463 e. The number of carbonyl (C=O) groups excluding carboxylic acids is 1. The smallest absolute Gasteiger partial charge is 0.275 e. The fraction of sp³-hybridized carbons (Fsp3) is 0.450. The van der Waals surface area contributed by atoms with Crippen LogP contribution in [0.3, 0.4) is 0 Å². The molecule has 0 bridgehead atoms. The van der Waals surface area contributed by atoms with Gasteiger partial charge in [0, 0.05) is 24.4 Å². The molecule has 1 aliphatic rings. The number of likely N-dealkylation sites (tertiary alicyclic amines) is 1. The molecule has 134 valence electrons. The second kappa shape index (κ2) is 8.83. The molecule has 1 unspecified atom stereocenters. The number of benzene rings is 1. The average Bonchev–Trinajstić information content (AvgIpc) is 3.10. The molecule has 3 rings (SSSR count). The molecule has 1 aromatic heterocycles. The molecular weight excluding hydrogens is 314 g/mol. The van der Waals surface area contributed by atoms with Crippen molar-refractivity contribution in [3.05, 3.63) is 60.1 Å². The Labute approximate surface area is 149 Å². The van der Waals surface area contributed by atoms with Crippen molar-refractivity contribution in [1.29, 1.82) is 0 Å². The van der Waals surface area contributed by atoms with Gasteiger partial charge in [-0.25, -0.2) is 0 Å². The lowest BCUT2D eigenvalue weighted by Gasteiger charge is -2.30.